The van der Waals surface area contributed by atoms with Crippen molar-refractivity contribution in [2.24, 2.45) is 0 Å². The Hall–Kier alpha value is -1.74. The van der Waals surface area contributed by atoms with E-state index in [9.17, 15) is 14.3 Å². The third-order valence-electron chi connectivity index (χ3n) is 9.85. The molecule has 0 amide bonds. The van der Waals surface area contributed by atoms with Crippen LogP contribution in [0.5, 0.6) is 0 Å². The first-order chi connectivity index (χ1) is 27.1. The highest BCUT2D eigenvalue weighted by molar-refractivity contribution is 7.45. The molecule has 0 bridgehead atoms. The van der Waals surface area contributed by atoms with E-state index in [1.807, 2.05) is 27.2 Å². The molecule has 0 saturated carbocycles. The van der Waals surface area contributed by atoms with Crippen LogP contribution in [0.25, 0.3) is 0 Å². The van der Waals surface area contributed by atoms with Crippen LogP contribution in [0.4, 0.5) is 0 Å². The predicted octanol–water partition coefficient (Wildman–Crippen LogP) is 11.9. The summed E-state index contributed by atoms with van der Waals surface area (Å²) in [6.07, 6.45) is 45.4. The quantitative estimate of drug-likeness (QED) is 0.0115. The minimum Gasteiger partial charge on any atom is -0.756 e. The van der Waals surface area contributed by atoms with Gasteiger partial charge in [-0.2, -0.15) is 0 Å². The van der Waals surface area contributed by atoms with Crippen LogP contribution in [0.15, 0.2) is 48.8 Å². The molecule has 1 fully saturated rings. The first kappa shape index (κ1) is 52.3. The normalized spacial score (nSPS) is 17.8. The van der Waals surface area contributed by atoms with Crippen molar-refractivity contribution < 1.29 is 42.0 Å². The molecule has 56 heavy (non-hydrogen) atoms. The van der Waals surface area contributed by atoms with Crippen LogP contribution in [-0.4, -0.2) is 76.3 Å². The Bertz CT molecular complexity index is 1100. The van der Waals surface area contributed by atoms with E-state index >= 15 is 0 Å². The number of hydrogen-bond donors (Lipinski definition) is 0. The molecule has 0 aromatic rings. The summed E-state index contributed by atoms with van der Waals surface area (Å²) in [5.74, 6) is -0.414. The fraction of sp³-hybridized carbons (Fsp3) is 0.804. The van der Waals surface area contributed by atoms with Gasteiger partial charge >= 0.3 is 5.97 Å². The van der Waals surface area contributed by atoms with Crippen LogP contribution in [-0.2, 0) is 32.6 Å². The molecule has 326 valence electrons. The standard InChI is InChI=1S/C46H84NO8P/c1-6-8-10-12-14-15-16-17-18-19-20-21-22-26-30-34-39-51-41-43(42-53-56(49,50)52-40-38-47(3,4)5)54-46(48)37-33-29-25-23-24-28-32-36-45-44(55-45)35-31-27-13-11-9-7-2/h23,25,27-28,31-32,34,39,43-45H,6-22,24,26,29-30,33,35-38,40-42H2,1-5H3/b25-23-,31-27-,32-28-,39-34+/t43-,44?,45?/m1/s1. The summed E-state index contributed by atoms with van der Waals surface area (Å²) in [6, 6.07) is 0. The Morgan fingerprint density at radius 2 is 1.16 bits per heavy atom. The Morgan fingerprint density at radius 1 is 0.661 bits per heavy atom. The van der Waals surface area contributed by atoms with Crippen molar-refractivity contribution in [3.63, 3.8) is 0 Å². The summed E-state index contributed by atoms with van der Waals surface area (Å²) in [7, 11) is 1.28. The fourth-order valence-corrected chi connectivity index (χ4v) is 6.92. The van der Waals surface area contributed by atoms with Crippen molar-refractivity contribution in [1.29, 1.82) is 0 Å². The molecule has 0 aromatic carbocycles. The predicted molar refractivity (Wildman–Crippen MR) is 230 cm³/mol. The molecule has 1 rings (SSSR count). The number of epoxide rings is 1. The summed E-state index contributed by atoms with van der Waals surface area (Å²) >= 11 is 0. The summed E-state index contributed by atoms with van der Waals surface area (Å²) in [6.45, 7) is 4.63. The van der Waals surface area contributed by atoms with Crippen molar-refractivity contribution in [1.82, 2.24) is 0 Å². The number of ether oxygens (including phenoxy) is 3. The lowest BCUT2D eigenvalue weighted by atomic mass is 10.0. The zero-order chi connectivity index (χ0) is 41.0. The van der Waals surface area contributed by atoms with Gasteiger partial charge in [-0.15, -0.1) is 0 Å². The number of quaternary nitrogens is 1. The summed E-state index contributed by atoms with van der Waals surface area (Å²) in [5, 5.41) is 0. The second-order valence-electron chi connectivity index (χ2n) is 16.5. The summed E-state index contributed by atoms with van der Waals surface area (Å²) in [5.41, 5.74) is 0. The largest absolute Gasteiger partial charge is 0.756 e. The van der Waals surface area contributed by atoms with Gasteiger partial charge in [0.05, 0.1) is 46.2 Å². The monoisotopic (exact) mass is 810 g/mol. The van der Waals surface area contributed by atoms with Crippen molar-refractivity contribution in [3.05, 3.63) is 48.8 Å². The third kappa shape index (κ3) is 35.4. The highest BCUT2D eigenvalue weighted by Crippen LogP contribution is 2.38. The number of carbonyl (C=O) groups is 1. The SMILES string of the molecule is CCCCC/C=C\CC1OC1C/C=C\C/C=C\CCCC(=O)O[C@H](CO/C=C/CCCCCCCCCCCCCCCC)COP(=O)([O-])OCC[N+](C)(C)C. The minimum atomic E-state index is -4.56. The maximum Gasteiger partial charge on any atom is 0.306 e. The van der Waals surface area contributed by atoms with E-state index in [4.69, 9.17) is 23.3 Å². The maximum absolute atomic E-state index is 12.7. The summed E-state index contributed by atoms with van der Waals surface area (Å²) in [4.78, 5) is 25.0. The van der Waals surface area contributed by atoms with E-state index < -0.39 is 19.9 Å². The number of carbonyl (C=O) groups excluding carboxylic acids is 1. The van der Waals surface area contributed by atoms with Gasteiger partial charge in [-0.3, -0.25) is 9.36 Å². The molecule has 0 aliphatic carbocycles. The molecule has 4 atom stereocenters. The number of phosphoric acid groups is 1. The molecular weight excluding hydrogens is 725 g/mol. The number of esters is 1. The molecular formula is C46H84NO8P. The van der Waals surface area contributed by atoms with Crippen LogP contribution >= 0.6 is 7.82 Å². The molecule has 1 aliphatic heterocycles. The Balaban J connectivity index is 2.28. The first-order valence-electron chi connectivity index (χ1n) is 22.5. The number of unbranched alkanes of at least 4 members (excludes halogenated alkanes) is 18. The van der Waals surface area contributed by atoms with Gasteiger partial charge in [0.25, 0.3) is 7.82 Å². The third-order valence-corrected chi connectivity index (χ3v) is 10.8. The van der Waals surface area contributed by atoms with Gasteiger partial charge in [-0.1, -0.05) is 147 Å². The van der Waals surface area contributed by atoms with Gasteiger partial charge in [-0.25, -0.2) is 0 Å². The van der Waals surface area contributed by atoms with E-state index in [-0.39, 0.29) is 26.2 Å². The maximum atomic E-state index is 12.7. The Morgan fingerprint density at radius 3 is 1.79 bits per heavy atom. The van der Waals surface area contributed by atoms with Gasteiger partial charge in [-0.05, 0) is 63.9 Å². The molecule has 0 radical (unpaired) electrons. The van der Waals surface area contributed by atoms with Gasteiger partial charge in [0.1, 0.15) is 19.8 Å². The van der Waals surface area contributed by atoms with Crippen LogP contribution in [0.3, 0.4) is 0 Å². The summed E-state index contributed by atoms with van der Waals surface area (Å²) < 4.78 is 40.1. The molecule has 0 spiro atoms. The molecule has 1 aliphatic rings. The van der Waals surface area contributed by atoms with E-state index in [2.05, 4.69) is 50.3 Å². The minimum absolute atomic E-state index is 0.00303. The molecule has 9 nitrogen and oxygen atoms in total. The number of nitrogens with zero attached hydrogens (tertiary/aromatic N) is 1. The Kier molecular flexibility index (Phi) is 32.9. The smallest absolute Gasteiger partial charge is 0.306 e. The van der Waals surface area contributed by atoms with E-state index in [0.717, 1.165) is 38.5 Å². The molecule has 3 unspecified atom stereocenters. The van der Waals surface area contributed by atoms with E-state index in [1.54, 1.807) is 6.26 Å². The zero-order valence-electron chi connectivity index (χ0n) is 36.5. The van der Waals surface area contributed by atoms with Crippen LogP contribution < -0.4 is 4.89 Å². The lowest BCUT2D eigenvalue weighted by Gasteiger charge is -2.28. The van der Waals surface area contributed by atoms with E-state index in [0.29, 0.717) is 29.7 Å². The fourth-order valence-electron chi connectivity index (χ4n) is 6.19. The highest BCUT2D eigenvalue weighted by atomic mass is 31.2. The first-order valence-corrected chi connectivity index (χ1v) is 24.0. The van der Waals surface area contributed by atoms with Crippen LogP contribution in [0, 0.1) is 0 Å². The lowest BCUT2D eigenvalue weighted by molar-refractivity contribution is -0.870. The van der Waals surface area contributed by atoms with Gasteiger partial charge in [0.15, 0.2) is 6.10 Å². The average molecular weight is 810 g/mol. The molecule has 0 N–H and O–H groups in total. The number of phosphoric ester groups is 1. The Labute approximate surface area is 343 Å². The van der Waals surface area contributed by atoms with Crippen LogP contribution in [0.1, 0.15) is 174 Å². The van der Waals surface area contributed by atoms with Crippen molar-refractivity contribution in [2.75, 3.05) is 47.5 Å². The van der Waals surface area contributed by atoms with Gasteiger partial charge in [0, 0.05) is 6.42 Å². The number of hydrogen-bond acceptors (Lipinski definition) is 8. The second kappa shape index (κ2) is 35.2. The molecule has 0 aromatic heterocycles. The molecule has 1 saturated heterocycles. The highest BCUT2D eigenvalue weighted by Gasteiger charge is 2.36. The second-order valence-corrected chi connectivity index (χ2v) is 17.9. The lowest BCUT2D eigenvalue weighted by Crippen LogP contribution is -2.37. The average Bonchev–Trinajstić information content (AvgIpc) is 3.91. The van der Waals surface area contributed by atoms with Crippen molar-refractivity contribution >= 4 is 13.8 Å². The van der Waals surface area contributed by atoms with Gasteiger partial charge < -0.3 is 32.6 Å². The topological polar surface area (TPSA) is 107 Å². The van der Waals surface area contributed by atoms with Crippen molar-refractivity contribution in [3.8, 4) is 0 Å². The molecule has 1 heterocycles. The van der Waals surface area contributed by atoms with Gasteiger partial charge in [0.2, 0.25) is 0 Å². The van der Waals surface area contributed by atoms with E-state index in [1.165, 1.54) is 109 Å². The number of allylic oxidation sites excluding steroid dienone is 5. The molecule has 10 heteroatoms. The number of rotatable bonds is 40. The van der Waals surface area contributed by atoms with Crippen molar-refractivity contribution in [2.45, 2.75) is 193 Å². The van der Waals surface area contributed by atoms with Crippen LogP contribution in [0.2, 0.25) is 0 Å². The zero-order valence-corrected chi connectivity index (χ0v) is 37.4. The number of likely N-dealkylation sites (N-methyl/N-ethyl adjacent to an activating group) is 1.